The van der Waals surface area contributed by atoms with Gasteiger partial charge in [0.25, 0.3) is 11.8 Å². The number of hydrazine groups is 1. The van der Waals surface area contributed by atoms with Crippen LogP contribution in [0.4, 0.5) is 5.69 Å². The maximum absolute atomic E-state index is 13.4. The lowest BCUT2D eigenvalue weighted by Crippen LogP contribution is -2.45. The molecule has 11 heteroatoms. The molecule has 6 N–H and O–H groups in total. The second-order valence-corrected chi connectivity index (χ2v) is 9.73. The second-order valence-electron chi connectivity index (χ2n) is 9.32. The molecular formula is C29H35ClN6O4. The van der Waals surface area contributed by atoms with E-state index >= 15 is 0 Å². The Labute approximate surface area is 239 Å². The molecule has 3 aromatic carbocycles. The lowest BCUT2D eigenvalue weighted by molar-refractivity contribution is -0.122. The fraction of sp³-hybridized carbons (Fsp3) is 0.276. The maximum Gasteiger partial charge on any atom is 0.271 e. The van der Waals surface area contributed by atoms with Gasteiger partial charge in [0.1, 0.15) is 18.0 Å². The Morgan fingerprint density at radius 2 is 1.73 bits per heavy atom. The summed E-state index contributed by atoms with van der Waals surface area (Å²) in [5.74, 6) is -0.122. The van der Waals surface area contributed by atoms with Gasteiger partial charge in [-0.05, 0) is 82.0 Å². The number of nitrogens with one attached hydrogen (secondary N) is 4. The van der Waals surface area contributed by atoms with Crippen molar-refractivity contribution in [3.8, 4) is 11.5 Å². The molecule has 2 unspecified atom stereocenters. The summed E-state index contributed by atoms with van der Waals surface area (Å²) < 4.78 is 12.0. The van der Waals surface area contributed by atoms with Crippen molar-refractivity contribution < 1.29 is 19.1 Å². The largest absolute Gasteiger partial charge is 0.490 e. The standard InChI is InChI=1S/C29H35ClN6O4/c1-5-39-25-16-20(12-15-24(25)40-18(2)17-36(3)4)26(33-21-13-10-19(11-14-21)27(31)32)29(38)35-34-28(37)22-8-6-7-9-23(22)30/h6-16,18,26,33H,5,17H2,1-4H3,(H3,31,32)(H,34,37)(H,35,38). The Morgan fingerprint density at radius 3 is 2.35 bits per heavy atom. The van der Waals surface area contributed by atoms with Crippen molar-refractivity contribution in [1.29, 1.82) is 5.41 Å². The van der Waals surface area contributed by atoms with Gasteiger partial charge in [-0.15, -0.1) is 0 Å². The molecule has 0 aromatic heterocycles. The zero-order valence-electron chi connectivity index (χ0n) is 23.0. The molecule has 2 amide bonds. The van der Waals surface area contributed by atoms with Crippen LogP contribution in [0.1, 0.15) is 41.4 Å². The van der Waals surface area contributed by atoms with E-state index in [1.54, 1.807) is 66.7 Å². The zero-order valence-corrected chi connectivity index (χ0v) is 23.7. The summed E-state index contributed by atoms with van der Waals surface area (Å²) in [7, 11) is 3.93. The summed E-state index contributed by atoms with van der Waals surface area (Å²) in [5, 5.41) is 11.1. The fourth-order valence-electron chi connectivity index (χ4n) is 3.95. The molecule has 212 valence electrons. The minimum absolute atomic E-state index is 0.0661. The summed E-state index contributed by atoms with van der Waals surface area (Å²) in [6.45, 7) is 4.94. The van der Waals surface area contributed by atoms with E-state index in [1.165, 1.54) is 0 Å². The van der Waals surface area contributed by atoms with Crippen LogP contribution in [0.25, 0.3) is 0 Å². The van der Waals surface area contributed by atoms with Crippen LogP contribution in [0.5, 0.6) is 11.5 Å². The number of halogens is 1. The number of benzene rings is 3. The van der Waals surface area contributed by atoms with Gasteiger partial charge in [0.15, 0.2) is 11.5 Å². The van der Waals surface area contributed by atoms with Crippen LogP contribution < -0.4 is 31.4 Å². The molecule has 0 aliphatic rings. The maximum atomic E-state index is 13.4. The Kier molecular flexibility index (Phi) is 10.7. The normalized spacial score (nSPS) is 12.2. The predicted octanol–water partition coefficient (Wildman–Crippen LogP) is 3.97. The molecule has 2 atom stereocenters. The van der Waals surface area contributed by atoms with Gasteiger partial charge in [0, 0.05) is 17.8 Å². The van der Waals surface area contributed by atoms with Gasteiger partial charge in [-0.3, -0.25) is 25.8 Å². The van der Waals surface area contributed by atoms with Crippen LogP contribution in [0.15, 0.2) is 66.7 Å². The van der Waals surface area contributed by atoms with Crippen molar-refractivity contribution in [2.45, 2.75) is 26.0 Å². The van der Waals surface area contributed by atoms with Crippen LogP contribution >= 0.6 is 11.6 Å². The van der Waals surface area contributed by atoms with Gasteiger partial charge >= 0.3 is 0 Å². The molecule has 0 spiro atoms. The first-order valence-corrected chi connectivity index (χ1v) is 13.1. The summed E-state index contributed by atoms with van der Waals surface area (Å²) in [5.41, 5.74) is 12.4. The fourth-order valence-corrected chi connectivity index (χ4v) is 4.18. The van der Waals surface area contributed by atoms with Gasteiger partial charge < -0.3 is 25.4 Å². The summed E-state index contributed by atoms with van der Waals surface area (Å²) in [4.78, 5) is 28.1. The molecule has 0 saturated heterocycles. The minimum Gasteiger partial charge on any atom is -0.490 e. The average Bonchev–Trinajstić information content (AvgIpc) is 2.91. The number of carbonyl (C=O) groups is 2. The molecule has 3 aromatic rings. The average molecular weight is 567 g/mol. The predicted molar refractivity (Wildman–Crippen MR) is 157 cm³/mol. The van der Waals surface area contributed by atoms with E-state index in [2.05, 4.69) is 16.2 Å². The monoisotopic (exact) mass is 566 g/mol. The summed E-state index contributed by atoms with van der Waals surface area (Å²) in [6, 6.07) is 17.6. The molecule has 40 heavy (non-hydrogen) atoms. The lowest BCUT2D eigenvalue weighted by atomic mass is 10.0. The number of likely N-dealkylation sites (N-methyl/N-ethyl adjacent to an activating group) is 1. The third-order valence-electron chi connectivity index (χ3n) is 5.74. The van der Waals surface area contributed by atoms with Crippen LogP contribution in [-0.4, -0.2) is 55.9 Å². The van der Waals surface area contributed by atoms with E-state index < -0.39 is 17.9 Å². The Morgan fingerprint density at radius 1 is 1.02 bits per heavy atom. The molecule has 0 bridgehead atoms. The minimum atomic E-state index is -0.942. The van der Waals surface area contributed by atoms with Crippen LogP contribution in [-0.2, 0) is 4.79 Å². The van der Waals surface area contributed by atoms with Crippen LogP contribution in [0, 0.1) is 5.41 Å². The number of hydrogen-bond acceptors (Lipinski definition) is 7. The van der Waals surface area contributed by atoms with E-state index in [1.807, 2.05) is 32.8 Å². The molecule has 0 heterocycles. The number of nitrogens with two attached hydrogens (primary N) is 1. The van der Waals surface area contributed by atoms with Crippen molar-refractivity contribution in [3.05, 3.63) is 88.4 Å². The molecule has 0 aliphatic heterocycles. The summed E-state index contributed by atoms with van der Waals surface area (Å²) >= 11 is 6.12. The number of amides is 2. The number of amidine groups is 1. The molecule has 0 radical (unpaired) electrons. The topological polar surface area (TPSA) is 142 Å². The number of carbonyl (C=O) groups excluding carboxylic acids is 2. The highest BCUT2D eigenvalue weighted by atomic mass is 35.5. The second kappa shape index (κ2) is 14.2. The number of ether oxygens (including phenoxy) is 2. The molecule has 0 aliphatic carbocycles. The van der Waals surface area contributed by atoms with E-state index in [-0.39, 0.29) is 22.5 Å². The number of nitrogens with zero attached hydrogens (tertiary/aromatic N) is 1. The van der Waals surface area contributed by atoms with Crippen molar-refractivity contribution in [2.24, 2.45) is 5.73 Å². The number of anilines is 1. The number of rotatable bonds is 12. The van der Waals surface area contributed by atoms with Gasteiger partial charge in [0.05, 0.1) is 17.2 Å². The third kappa shape index (κ3) is 8.36. The highest BCUT2D eigenvalue weighted by Gasteiger charge is 2.24. The van der Waals surface area contributed by atoms with E-state index in [9.17, 15) is 9.59 Å². The number of nitrogen functional groups attached to an aromatic ring is 1. The lowest BCUT2D eigenvalue weighted by Gasteiger charge is -2.23. The molecule has 10 nitrogen and oxygen atoms in total. The zero-order chi connectivity index (χ0) is 29.2. The molecule has 0 saturated carbocycles. The highest BCUT2D eigenvalue weighted by Crippen LogP contribution is 2.33. The smallest absolute Gasteiger partial charge is 0.271 e. The molecule has 0 fully saturated rings. The first-order chi connectivity index (χ1) is 19.1. The summed E-state index contributed by atoms with van der Waals surface area (Å²) in [6.07, 6.45) is -0.0999. The van der Waals surface area contributed by atoms with Gasteiger partial charge in [-0.25, -0.2) is 0 Å². The Balaban J connectivity index is 1.89. The van der Waals surface area contributed by atoms with Crippen LogP contribution in [0.3, 0.4) is 0 Å². The third-order valence-corrected chi connectivity index (χ3v) is 6.07. The van der Waals surface area contributed by atoms with Gasteiger partial charge in [-0.2, -0.15) is 0 Å². The van der Waals surface area contributed by atoms with Crippen molar-refractivity contribution in [1.82, 2.24) is 15.8 Å². The quantitative estimate of drug-likeness (QED) is 0.127. The number of hydrogen-bond donors (Lipinski definition) is 5. The van der Waals surface area contributed by atoms with E-state index in [4.69, 9.17) is 32.2 Å². The molecular weight excluding hydrogens is 532 g/mol. The van der Waals surface area contributed by atoms with Crippen molar-refractivity contribution in [3.63, 3.8) is 0 Å². The Bertz CT molecular complexity index is 1330. The van der Waals surface area contributed by atoms with E-state index in [0.29, 0.717) is 41.5 Å². The van der Waals surface area contributed by atoms with Crippen molar-refractivity contribution >= 4 is 34.9 Å². The van der Waals surface area contributed by atoms with Crippen molar-refractivity contribution in [2.75, 3.05) is 32.6 Å². The first kappa shape index (κ1) is 30.3. The van der Waals surface area contributed by atoms with E-state index in [0.717, 1.165) is 0 Å². The Hall–Kier alpha value is -4.28. The highest BCUT2D eigenvalue weighted by molar-refractivity contribution is 6.33. The van der Waals surface area contributed by atoms with Crippen LogP contribution in [0.2, 0.25) is 5.02 Å². The van der Waals surface area contributed by atoms with Gasteiger partial charge in [0.2, 0.25) is 0 Å². The van der Waals surface area contributed by atoms with Gasteiger partial charge in [-0.1, -0.05) is 29.8 Å². The molecule has 3 rings (SSSR count). The first-order valence-electron chi connectivity index (χ1n) is 12.7. The SMILES string of the molecule is CCOc1cc(C(Nc2ccc(C(=N)N)cc2)C(=O)NNC(=O)c2ccccc2Cl)ccc1OC(C)CN(C)C.